The van der Waals surface area contributed by atoms with Gasteiger partial charge in [0.15, 0.2) is 0 Å². The summed E-state index contributed by atoms with van der Waals surface area (Å²) in [7, 11) is 0. The average molecular weight is 298 g/mol. The van der Waals surface area contributed by atoms with Crippen LogP contribution in [0.4, 0.5) is 0 Å². The first-order chi connectivity index (χ1) is 9.43. The lowest BCUT2D eigenvalue weighted by Gasteiger charge is -2.29. The molecule has 4 heteroatoms. The average Bonchev–Trinajstić information content (AvgIpc) is 2.43. The molecule has 0 aliphatic heterocycles. The van der Waals surface area contributed by atoms with Crippen LogP contribution in [-0.4, -0.2) is 23.7 Å². The number of carboxylic acids is 1. The molecule has 0 saturated carbocycles. The molecule has 0 aliphatic rings. The Balaban J connectivity index is 2.55. The number of carbonyl (C=O) groups is 1. The predicted molar refractivity (Wildman–Crippen MR) is 83.3 cm³/mol. The van der Waals surface area contributed by atoms with Gasteiger partial charge in [0, 0.05) is 17.6 Å². The molecule has 1 rings (SSSR count). The van der Waals surface area contributed by atoms with Crippen molar-refractivity contribution in [2.24, 2.45) is 5.41 Å². The Hall–Kier alpha value is -1.06. The van der Waals surface area contributed by atoms with Crippen molar-refractivity contribution in [1.29, 1.82) is 0 Å². The molecule has 0 amide bonds. The van der Waals surface area contributed by atoms with Gasteiger partial charge in [-0.15, -0.1) is 0 Å². The summed E-state index contributed by atoms with van der Waals surface area (Å²) in [6.45, 7) is 6.45. The molecular formula is C16H24ClNO2. The lowest BCUT2D eigenvalue weighted by atomic mass is 9.82. The van der Waals surface area contributed by atoms with Crippen molar-refractivity contribution in [3.63, 3.8) is 0 Å². The Bertz CT molecular complexity index is 427. The first-order valence-corrected chi connectivity index (χ1v) is 7.52. The van der Waals surface area contributed by atoms with Gasteiger partial charge in [-0.2, -0.15) is 0 Å². The monoisotopic (exact) mass is 297 g/mol. The number of aliphatic carboxylic acids is 1. The van der Waals surface area contributed by atoms with Crippen LogP contribution in [0.1, 0.15) is 39.2 Å². The molecule has 2 N–H and O–H groups in total. The predicted octanol–water partition coefficient (Wildman–Crippen LogP) is 3.75. The molecule has 0 saturated heterocycles. The van der Waals surface area contributed by atoms with Gasteiger partial charge in [-0.05, 0) is 43.9 Å². The van der Waals surface area contributed by atoms with Crippen molar-refractivity contribution in [2.75, 3.05) is 6.54 Å². The van der Waals surface area contributed by atoms with E-state index in [0.29, 0.717) is 19.4 Å². The van der Waals surface area contributed by atoms with Gasteiger partial charge in [-0.25, -0.2) is 0 Å². The van der Waals surface area contributed by atoms with E-state index in [0.717, 1.165) is 11.4 Å². The largest absolute Gasteiger partial charge is 0.481 e. The van der Waals surface area contributed by atoms with Gasteiger partial charge in [-0.3, -0.25) is 4.79 Å². The van der Waals surface area contributed by atoms with Crippen molar-refractivity contribution >= 4 is 17.6 Å². The minimum Gasteiger partial charge on any atom is -0.481 e. The van der Waals surface area contributed by atoms with Crippen molar-refractivity contribution in [3.05, 3.63) is 34.9 Å². The Morgan fingerprint density at radius 3 is 2.30 bits per heavy atom. The van der Waals surface area contributed by atoms with Gasteiger partial charge in [0.25, 0.3) is 0 Å². The maximum Gasteiger partial charge on any atom is 0.310 e. The summed E-state index contributed by atoms with van der Waals surface area (Å²) in [6.07, 6.45) is 2.14. The number of hydrogen-bond acceptors (Lipinski definition) is 2. The molecule has 20 heavy (non-hydrogen) atoms. The maximum absolute atomic E-state index is 11.4. The molecule has 0 aliphatic carbocycles. The summed E-state index contributed by atoms with van der Waals surface area (Å²) < 4.78 is 0. The third kappa shape index (κ3) is 4.50. The second-order valence-corrected chi connectivity index (χ2v) is 5.84. The molecule has 1 atom stereocenters. The van der Waals surface area contributed by atoms with E-state index in [2.05, 4.69) is 12.2 Å². The van der Waals surface area contributed by atoms with Crippen LogP contribution in [0.25, 0.3) is 0 Å². The third-order valence-electron chi connectivity index (χ3n) is 4.05. The molecule has 0 radical (unpaired) electrons. The minimum atomic E-state index is -0.714. The molecule has 0 spiro atoms. The summed E-state index contributed by atoms with van der Waals surface area (Å²) in [5, 5.41) is 13.5. The van der Waals surface area contributed by atoms with Crippen molar-refractivity contribution in [3.8, 4) is 0 Å². The molecule has 0 bridgehead atoms. The van der Waals surface area contributed by atoms with E-state index in [9.17, 15) is 9.90 Å². The van der Waals surface area contributed by atoms with Gasteiger partial charge in [0.05, 0.1) is 5.41 Å². The Morgan fingerprint density at radius 2 is 1.85 bits per heavy atom. The number of halogens is 1. The van der Waals surface area contributed by atoms with Gasteiger partial charge in [-0.1, -0.05) is 37.6 Å². The quantitative estimate of drug-likeness (QED) is 0.768. The standard InChI is InChI=1S/C16H24ClNO2/c1-4-16(5-2,15(19)20)11-18-12(3)10-13-6-8-14(17)9-7-13/h6-9,12,18H,4-5,10-11H2,1-3H3,(H,19,20). The summed E-state index contributed by atoms with van der Waals surface area (Å²) >= 11 is 5.86. The van der Waals surface area contributed by atoms with Gasteiger partial charge < -0.3 is 10.4 Å². The van der Waals surface area contributed by atoms with Crippen molar-refractivity contribution in [2.45, 2.75) is 46.1 Å². The summed E-state index contributed by atoms with van der Waals surface area (Å²) in [6, 6.07) is 8.00. The van der Waals surface area contributed by atoms with Crippen LogP contribution >= 0.6 is 11.6 Å². The molecule has 0 aromatic heterocycles. The fourth-order valence-electron chi connectivity index (χ4n) is 2.29. The highest BCUT2D eigenvalue weighted by Crippen LogP contribution is 2.26. The number of nitrogens with one attached hydrogen (secondary N) is 1. The second kappa shape index (κ2) is 7.65. The first-order valence-electron chi connectivity index (χ1n) is 7.14. The van der Waals surface area contributed by atoms with E-state index >= 15 is 0 Å². The molecule has 112 valence electrons. The fraction of sp³-hybridized carbons (Fsp3) is 0.562. The van der Waals surface area contributed by atoms with E-state index < -0.39 is 11.4 Å². The van der Waals surface area contributed by atoms with Crippen LogP contribution in [0.3, 0.4) is 0 Å². The molecule has 1 aromatic carbocycles. The molecule has 1 unspecified atom stereocenters. The molecule has 0 fully saturated rings. The third-order valence-corrected chi connectivity index (χ3v) is 4.30. The highest BCUT2D eigenvalue weighted by atomic mass is 35.5. The fourth-order valence-corrected chi connectivity index (χ4v) is 2.42. The number of rotatable bonds is 8. The Labute approximate surface area is 126 Å². The topological polar surface area (TPSA) is 49.3 Å². The van der Waals surface area contributed by atoms with E-state index in [-0.39, 0.29) is 6.04 Å². The number of benzene rings is 1. The summed E-state index contributed by atoms with van der Waals surface area (Å²) in [4.78, 5) is 11.4. The van der Waals surface area contributed by atoms with Gasteiger partial charge >= 0.3 is 5.97 Å². The normalized spacial score (nSPS) is 13.2. The highest BCUT2D eigenvalue weighted by Gasteiger charge is 2.34. The van der Waals surface area contributed by atoms with Crippen LogP contribution in [0, 0.1) is 5.41 Å². The van der Waals surface area contributed by atoms with Gasteiger partial charge in [0.1, 0.15) is 0 Å². The van der Waals surface area contributed by atoms with Crippen LogP contribution in [0.5, 0.6) is 0 Å². The van der Waals surface area contributed by atoms with E-state index in [1.165, 1.54) is 5.56 Å². The molecule has 0 heterocycles. The zero-order chi connectivity index (χ0) is 15.2. The van der Waals surface area contributed by atoms with Crippen LogP contribution in [0.2, 0.25) is 5.02 Å². The van der Waals surface area contributed by atoms with E-state index in [1.54, 1.807) is 0 Å². The lowest BCUT2D eigenvalue weighted by molar-refractivity contribution is -0.149. The summed E-state index contributed by atoms with van der Waals surface area (Å²) in [5.41, 5.74) is 0.539. The number of carboxylic acid groups (broad SMARTS) is 1. The number of hydrogen-bond donors (Lipinski definition) is 2. The zero-order valence-corrected chi connectivity index (χ0v) is 13.2. The first kappa shape index (κ1) is 17.0. The van der Waals surface area contributed by atoms with E-state index in [1.807, 2.05) is 38.1 Å². The Kier molecular flexibility index (Phi) is 6.50. The zero-order valence-electron chi connectivity index (χ0n) is 12.4. The molecule has 1 aromatic rings. The lowest BCUT2D eigenvalue weighted by Crippen LogP contribution is -2.43. The second-order valence-electron chi connectivity index (χ2n) is 5.41. The van der Waals surface area contributed by atoms with Crippen molar-refractivity contribution in [1.82, 2.24) is 5.32 Å². The van der Waals surface area contributed by atoms with Crippen LogP contribution in [0.15, 0.2) is 24.3 Å². The molecular weight excluding hydrogens is 274 g/mol. The van der Waals surface area contributed by atoms with Crippen molar-refractivity contribution < 1.29 is 9.90 Å². The van der Waals surface area contributed by atoms with Gasteiger partial charge in [0.2, 0.25) is 0 Å². The SMILES string of the molecule is CCC(CC)(CNC(C)Cc1ccc(Cl)cc1)C(=O)O. The van der Waals surface area contributed by atoms with Crippen LogP contribution < -0.4 is 5.32 Å². The summed E-state index contributed by atoms with van der Waals surface area (Å²) in [5.74, 6) is -0.714. The Morgan fingerprint density at radius 1 is 1.30 bits per heavy atom. The minimum absolute atomic E-state index is 0.230. The maximum atomic E-state index is 11.4. The highest BCUT2D eigenvalue weighted by molar-refractivity contribution is 6.30. The van der Waals surface area contributed by atoms with E-state index in [4.69, 9.17) is 11.6 Å². The van der Waals surface area contributed by atoms with Crippen LogP contribution in [-0.2, 0) is 11.2 Å². The molecule has 3 nitrogen and oxygen atoms in total. The smallest absolute Gasteiger partial charge is 0.310 e.